The van der Waals surface area contributed by atoms with Crippen LogP contribution in [0, 0.1) is 6.92 Å². The average molecular weight is 536 g/mol. The van der Waals surface area contributed by atoms with Crippen molar-refractivity contribution in [3.05, 3.63) is 119 Å². The van der Waals surface area contributed by atoms with E-state index >= 15 is 0 Å². The van der Waals surface area contributed by atoms with Gasteiger partial charge in [0, 0.05) is 22.8 Å². The van der Waals surface area contributed by atoms with Crippen LogP contribution >= 0.6 is 0 Å². The van der Waals surface area contributed by atoms with E-state index in [1.54, 1.807) is 67.7 Å². The molecule has 2 N–H and O–H groups in total. The Balaban J connectivity index is 1.54. The highest BCUT2D eigenvalue weighted by molar-refractivity contribution is 6.06. The number of carbonyl (C=O) groups is 2. The Morgan fingerprint density at radius 2 is 1.68 bits per heavy atom. The molecule has 0 saturated carbocycles. The second-order valence-electron chi connectivity index (χ2n) is 8.78. The van der Waals surface area contributed by atoms with Gasteiger partial charge in [0.2, 0.25) is 5.55 Å². The van der Waals surface area contributed by atoms with E-state index in [2.05, 4.69) is 15.3 Å². The second kappa shape index (κ2) is 11.6. The highest BCUT2D eigenvalue weighted by atomic mass is 16.5. The topological polar surface area (TPSA) is 123 Å². The van der Waals surface area contributed by atoms with Crippen LogP contribution in [-0.2, 0) is 11.3 Å². The summed E-state index contributed by atoms with van der Waals surface area (Å²) in [5.74, 6) is 0.366. The number of pyridine rings is 1. The summed E-state index contributed by atoms with van der Waals surface area (Å²) in [7, 11) is 1.30. The van der Waals surface area contributed by atoms with Crippen molar-refractivity contribution in [2.75, 3.05) is 12.4 Å². The van der Waals surface area contributed by atoms with E-state index in [1.165, 1.54) is 7.11 Å². The Hall–Kier alpha value is -5.28. The molecule has 5 rings (SSSR count). The molecule has 0 saturated heterocycles. The minimum Gasteiger partial charge on any atom is -0.465 e. The molecule has 0 atom stereocenters. The first-order valence-corrected chi connectivity index (χ1v) is 12.4. The number of esters is 1. The van der Waals surface area contributed by atoms with Gasteiger partial charge in [-0.3, -0.25) is 9.78 Å². The molecule has 1 amide bonds. The number of nitrogens with zero attached hydrogens (tertiary/aromatic N) is 2. The highest BCUT2D eigenvalue weighted by Crippen LogP contribution is 2.25. The van der Waals surface area contributed by atoms with Crippen molar-refractivity contribution in [2.45, 2.75) is 13.5 Å². The maximum absolute atomic E-state index is 13.5. The molecule has 0 aliphatic rings. The summed E-state index contributed by atoms with van der Waals surface area (Å²) in [6, 6.07) is 24.4. The number of hydrogen-bond donors (Lipinski definition) is 2. The fourth-order valence-corrected chi connectivity index (χ4v) is 4.00. The normalized spacial score (nSPS) is 11.3. The molecule has 2 heterocycles. The van der Waals surface area contributed by atoms with Gasteiger partial charge < -0.3 is 24.3 Å². The summed E-state index contributed by atoms with van der Waals surface area (Å²) in [5, 5.41) is 13.2. The highest BCUT2D eigenvalue weighted by Gasteiger charge is 2.17. The number of aromatic nitrogens is 1. The number of aliphatic hydroxyl groups is 1. The van der Waals surface area contributed by atoms with Crippen molar-refractivity contribution in [2.24, 2.45) is 4.99 Å². The Morgan fingerprint density at radius 1 is 0.975 bits per heavy atom. The number of carbonyl (C=O) groups excluding carboxylic acids is 2. The molecule has 0 radical (unpaired) electrons. The first-order chi connectivity index (χ1) is 19.4. The van der Waals surface area contributed by atoms with E-state index in [0.717, 1.165) is 0 Å². The molecule has 2 aromatic heterocycles. The SMILES string of the molecule is COC(=O)c1ccc(NC(=O)c2cc3c(CO)cnc(C)c3oc2=Nc2ccc(Oc3ccccc3)cc2)cc1. The van der Waals surface area contributed by atoms with Gasteiger partial charge in [-0.05, 0) is 73.7 Å². The molecule has 0 spiro atoms. The zero-order chi connectivity index (χ0) is 28.1. The van der Waals surface area contributed by atoms with Gasteiger partial charge >= 0.3 is 5.97 Å². The van der Waals surface area contributed by atoms with Crippen LogP contribution in [0.25, 0.3) is 11.0 Å². The zero-order valence-electron chi connectivity index (χ0n) is 21.8. The maximum Gasteiger partial charge on any atom is 0.337 e. The molecule has 0 unspecified atom stereocenters. The smallest absolute Gasteiger partial charge is 0.337 e. The van der Waals surface area contributed by atoms with E-state index in [0.29, 0.717) is 50.7 Å². The van der Waals surface area contributed by atoms with E-state index in [4.69, 9.17) is 13.9 Å². The third-order valence-corrected chi connectivity index (χ3v) is 6.08. The number of anilines is 1. The first kappa shape index (κ1) is 26.3. The number of hydrogen-bond acceptors (Lipinski definition) is 8. The van der Waals surface area contributed by atoms with Crippen LogP contribution in [-0.4, -0.2) is 29.1 Å². The van der Waals surface area contributed by atoms with Crippen molar-refractivity contribution in [3.63, 3.8) is 0 Å². The fraction of sp³-hybridized carbons (Fsp3) is 0.0968. The van der Waals surface area contributed by atoms with Crippen LogP contribution in [0.3, 0.4) is 0 Å². The number of benzene rings is 3. The minimum atomic E-state index is -0.488. The van der Waals surface area contributed by atoms with Gasteiger partial charge in [-0.25, -0.2) is 9.79 Å². The molecule has 0 aliphatic heterocycles. The molecule has 40 heavy (non-hydrogen) atoms. The van der Waals surface area contributed by atoms with Crippen LogP contribution in [0.5, 0.6) is 11.5 Å². The minimum absolute atomic E-state index is 0.0629. The quantitative estimate of drug-likeness (QED) is 0.257. The lowest BCUT2D eigenvalue weighted by Gasteiger charge is -2.10. The number of rotatable bonds is 7. The third-order valence-electron chi connectivity index (χ3n) is 6.08. The van der Waals surface area contributed by atoms with Crippen LogP contribution in [0.1, 0.15) is 32.0 Å². The molecule has 200 valence electrons. The number of amides is 1. The number of para-hydroxylation sites is 1. The standard InChI is InChI=1S/C31H25N3O6/c1-19-28-26(21(18-35)17-32-19)16-27(29(36)33-22-10-8-20(9-11-22)31(37)38-2)30(40-28)34-23-12-14-25(15-13-23)39-24-6-4-3-5-7-24/h3-17,35H,18H2,1-2H3,(H,33,36). The van der Waals surface area contributed by atoms with E-state index in [-0.39, 0.29) is 17.7 Å². The molecule has 0 bridgehead atoms. The Labute approximate surface area is 229 Å². The van der Waals surface area contributed by atoms with E-state index in [9.17, 15) is 14.7 Å². The molecular weight excluding hydrogens is 510 g/mol. The van der Waals surface area contributed by atoms with Crippen molar-refractivity contribution >= 4 is 34.2 Å². The van der Waals surface area contributed by atoms with Crippen LogP contribution in [0.15, 0.2) is 101 Å². The maximum atomic E-state index is 13.5. The number of methoxy groups -OCH3 is 1. The van der Waals surface area contributed by atoms with Gasteiger partial charge in [-0.2, -0.15) is 0 Å². The molecule has 5 aromatic rings. The average Bonchev–Trinajstić information content (AvgIpc) is 2.99. The fourth-order valence-electron chi connectivity index (χ4n) is 4.00. The van der Waals surface area contributed by atoms with Crippen LogP contribution < -0.4 is 15.6 Å². The number of nitrogens with one attached hydrogen (secondary N) is 1. The number of ether oxygens (including phenoxy) is 2. The largest absolute Gasteiger partial charge is 0.465 e. The van der Waals surface area contributed by atoms with E-state index in [1.807, 2.05) is 30.3 Å². The van der Waals surface area contributed by atoms with Gasteiger partial charge in [0.25, 0.3) is 5.91 Å². The first-order valence-electron chi connectivity index (χ1n) is 12.4. The van der Waals surface area contributed by atoms with E-state index < -0.39 is 11.9 Å². The predicted molar refractivity (Wildman–Crippen MR) is 149 cm³/mol. The Morgan fingerprint density at radius 3 is 2.35 bits per heavy atom. The summed E-state index contributed by atoms with van der Waals surface area (Å²) < 4.78 is 16.7. The lowest BCUT2D eigenvalue weighted by Crippen LogP contribution is -2.22. The van der Waals surface area contributed by atoms with Crippen molar-refractivity contribution in [3.8, 4) is 11.5 Å². The van der Waals surface area contributed by atoms with Crippen molar-refractivity contribution in [1.82, 2.24) is 4.98 Å². The molecule has 9 nitrogen and oxygen atoms in total. The van der Waals surface area contributed by atoms with Crippen molar-refractivity contribution < 1.29 is 28.6 Å². The lowest BCUT2D eigenvalue weighted by molar-refractivity contribution is 0.0600. The van der Waals surface area contributed by atoms with Crippen LogP contribution in [0.2, 0.25) is 0 Å². The number of fused-ring (bicyclic) bond motifs is 1. The summed E-state index contributed by atoms with van der Waals surface area (Å²) in [4.78, 5) is 34.1. The molecule has 3 aromatic carbocycles. The van der Waals surface area contributed by atoms with Gasteiger partial charge in [-0.1, -0.05) is 18.2 Å². The van der Waals surface area contributed by atoms with Gasteiger partial charge in [0.15, 0.2) is 5.58 Å². The summed E-state index contributed by atoms with van der Waals surface area (Å²) >= 11 is 0. The Kier molecular flexibility index (Phi) is 7.65. The summed E-state index contributed by atoms with van der Waals surface area (Å²) in [5.41, 5.74) is 3.06. The number of aliphatic hydroxyl groups excluding tert-OH is 1. The van der Waals surface area contributed by atoms with Gasteiger partial charge in [-0.15, -0.1) is 0 Å². The Bertz CT molecular complexity index is 1750. The summed E-state index contributed by atoms with van der Waals surface area (Å²) in [6.07, 6.45) is 1.54. The molecule has 0 fully saturated rings. The summed E-state index contributed by atoms with van der Waals surface area (Å²) in [6.45, 7) is 1.49. The third kappa shape index (κ3) is 5.74. The number of aryl methyl sites for hydroxylation is 1. The molecular formula is C31H25N3O6. The van der Waals surface area contributed by atoms with Gasteiger partial charge in [0.1, 0.15) is 17.1 Å². The predicted octanol–water partition coefficient (Wildman–Crippen LogP) is 5.69. The second-order valence-corrected chi connectivity index (χ2v) is 8.78. The monoisotopic (exact) mass is 535 g/mol. The zero-order valence-corrected chi connectivity index (χ0v) is 21.8. The molecule has 0 aliphatic carbocycles. The van der Waals surface area contributed by atoms with Crippen molar-refractivity contribution in [1.29, 1.82) is 0 Å². The van der Waals surface area contributed by atoms with Gasteiger partial charge in [0.05, 0.1) is 30.7 Å². The molecule has 9 heteroatoms. The van der Waals surface area contributed by atoms with Crippen LogP contribution in [0.4, 0.5) is 11.4 Å². The lowest BCUT2D eigenvalue weighted by atomic mass is 10.1.